The summed E-state index contributed by atoms with van der Waals surface area (Å²) in [4.78, 5) is 16.5. The second kappa shape index (κ2) is 9.31. The summed E-state index contributed by atoms with van der Waals surface area (Å²) in [6.45, 7) is 7.03. The maximum absolute atomic E-state index is 12.1. The summed E-state index contributed by atoms with van der Waals surface area (Å²) in [5.41, 5.74) is 4.70. The molecule has 1 N–H and O–H groups in total. The van der Waals surface area contributed by atoms with Gasteiger partial charge in [-0.25, -0.2) is 0 Å². The summed E-state index contributed by atoms with van der Waals surface area (Å²) in [6, 6.07) is 16.4. The minimum atomic E-state index is -0.00498. The lowest BCUT2D eigenvalue weighted by molar-refractivity contribution is -0.121. The van der Waals surface area contributed by atoms with Crippen LogP contribution in [0.4, 0.5) is 0 Å². The molecular weight excluding hydrogens is 350 g/mol. The standard InChI is InChI=1S/C23H27N3O2/c1-16(2)18-8-10-20(11-9-18)23-25-22(28-26-23)13-12-21(27)24-15-14-19-7-5-4-6-17(19)3/h4-11,16H,12-15H2,1-3H3,(H,24,27). The third-order valence-corrected chi connectivity index (χ3v) is 4.85. The van der Waals surface area contributed by atoms with Crippen LogP contribution in [0.15, 0.2) is 53.1 Å². The maximum Gasteiger partial charge on any atom is 0.227 e. The van der Waals surface area contributed by atoms with Crippen molar-refractivity contribution in [1.29, 1.82) is 0 Å². The van der Waals surface area contributed by atoms with Crippen molar-refractivity contribution < 1.29 is 9.32 Å². The number of amides is 1. The third kappa shape index (κ3) is 5.28. The molecule has 5 nitrogen and oxygen atoms in total. The highest BCUT2D eigenvalue weighted by atomic mass is 16.5. The van der Waals surface area contributed by atoms with Gasteiger partial charge in [0, 0.05) is 24.9 Å². The first kappa shape index (κ1) is 19.8. The Bertz CT molecular complexity index is 914. The van der Waals surface area contributed by atoms with Gasteiger partial charge in [0.05, 0.1) is 0 Å². The number of hydrogen-bond donors (Lipinski definition) is 1. The molecule has 0 aliphatic carbocycles. The molecule has 1 amide bonds. The average Bonchev–Trinajstić information content (AvgIpc) is 3.17. The lowest BCUT2D eigenvalue weighted by Gasteiger charge is -2.06. The minimum Gasteiger partial charge on any atom is -0.356 e. The number of nitrogens with one attached hydrogen (secondary N) is 1. The predicted molar refractivity (Wildman–Crippen MR) is 110 cm³/mol. The Balaban J connectivity index is 1.46. The maximum atomic E-state index is 12.1. The van der Waals surface area contributed by atoms with Gasteiger partial charge in [-0.05, 0) is 36.0 Å². The summed E-state index contributed by atoms with van der Waals surface area (Å²) in [7, 11) is 0. The molecule has 1 aromatic heterocycles. The zero-order chi connectivity index (χ0) is 19.9. The Morgan fingerprint density at radius 1 is 1.07 bits per heavy atom. The number of carbonyl (C=O) groups is 1. The molecule has 3 rings (SSSR count). The Hall–Kier alpha value is -2.95. The number of hydrogen-bond acceptors (Lipinski definition) is 4. The summed E-state index contributed by atoms with van der Waals surface area (Å²) in [5, 5.41) is 6.99. The molecule has 146 valence electrons. The van der Waals surface area contributed by atoms with Crippen molar-refractivity contribution in [3.05, 3.63) is 71.1 Å². The van der Waals surface area contributed by atoms with Crippen molar-refractivity contribution in [2.24, 2.45) is 0 Å². The van der Waals surface area contributed by atoms with Crippen molar-refractivity contribution in [2.75, 3.05) is 6.54 Å². The van der Waals surface area contributed by atoms with E-state index in [1.807, 2.05) is 24.3 Å². The van der Waals surface area contributed by atoms with Gasteiger partial charge in [0.2, 0.25) is 17.6 Å². The zero-order valence-electron chi connectivity index (χ0n) is 16.7. The smallest absolute Gasteiger partial charge is 0.227 e. The van der Waals surface area contributed by atoms with Gasteiger partial charge < -0.3 is 9.84 Å². The first-order valence-electron chi connectivity index (χ1n) is 9.77. The van der Waals surface area contributed by atoms with Crippen molar-refractivity contribution in [1.82, 2.24) is 15.5 Å². The van der Waals surface area contributed by atoms with Crippen molar-refractivity contribution in [3.8, 4) is 11.4 Å². The second-order valence-electron chi connectivity index (χ2n) is 7.31. The van der Waals surface area contributed by atoms with Crippen LogP contribution in [0.3, 0.4) is 0 Å². The van der Waals surface area contributed by atoms with E-state index in [-0.39, 0.29) is 5.91 Å². The third-order valence-electron chi connectivity index (χ3n) is 4.85. The van der Waals surface area contributed by atoms with Gasteiger partial charge in [0.1, 0.15) is 0 Å². The number of rotatable bonds is 8. The number of aryl methyl sites for hydroxylation is 2. The number of aromatic nitrogens is 2. The van der Waals surface area contributed by atoms with E-state index in [4.69, 9.17) is 4.52 Å². The highest BCUT2D eigenvalue weighted by Crippen LogP contribution is 2.20. The molecule has 0 atom stereocenters. The van der Waals surface area contributed by atoms with Gasteiger partial charge in [-0.2, -0.15) is 4.98 Å². The molecule has 5 heteroatoms. The van der Waals surface area contributed by atoms with Crippen LogP contribution in [0, 0.1) is 6.92 Å². The molecule has 28 heavy (non-hydrogen) atoms. The normalized spacial score (nSPS) is 11.0. The highest BCUT2D eigenvalue weighted by Gasteiger charge is 2.11. The molecule has 0 fully saturated rings. The Morgan fingerprint density at radius 2 is 1.82 bits per heavy atom. The molecule has 0 aliphatic heterocycles. The molecule has 0 unspecified atom stereocenters. The number of nitrogens with zero attached hydrogens (tertiary/aromatic N) is 2. The predicted octanol–water partition coefficient (Wildman–Crippen LogP) is 4.46. The molecule has 0 aliphatic rings. The number of carbonyl (C=O) groups excluding carboxylic acids is 1. The van der Waals surface area contributed by atoms with Crippen molar-refractivity contribution in [2.45, 2.75) is 46.0 Å². The van der Waals surface area contributed by atoms with E-state index in [0.717, 1.165) is 12.0 Å². The molecule has 0 radical (unpaired) electrons. The largest absolute Gasteiger partial charge is 0.356 e. The molecule has 3 aromatic rings. The average molecular weight is 377 g/mol. The number of benzene rings is 2. The van der Waals surface area contributed by atoms with Crippen LogP contribution in [0.1, 0.15) is 48.8 Å². The van der Waals surface area contributed by atoms with Crippen LogP contribution in [0.5, 0.6) is 0 Å². The van der Waals surface area contributed by atoms with Crippen molar-refractivity contribution in [3.63, 3.8) is 0 Å². The lowest BCUT2D eigenvalue weighted by atomic mass is 10.0. The monoisotopic (exact) mass is 377 g/mol. The summed E-state index contributed by atoms with van der Waals surface area (Å²) in [5.74, 6) is 1.52. The quantitative estimate of drug-likeness (QED) is 0.629. The van der Waals surface area contributed by atoms with Gasteiger partial charge in [0.25, 0.3) is 0 Å². The topological polar surface area (TPSA) is 68.0 Å². The first-order chi connectivity index (χ1) is 13.5. The Morgan fingerprint density at radius 3 is 2.54 bits per heavy atom. The van der Waals surface area contributed by atoms with E-state index in [1.165, 1.54) is 16.7 Å². The van der Waals surface area contributed by atoms with E-state index in [2.05, 4.69) is 60.5 Å². The zero-order valence-corrected chi connectivity index (χ0v) is 16.7. The summed E-state index contributed by atoms with van der Waals surface area (Å²) in [6.07, 6.45) is 1.60. The minimum absolute atomic E-state index is 0.00498. The Kier molecular flexibility index (Phi) is 6.58. The molecule has 0 saturated heterocycles. The highest BCUT2D eigenvalue weighted by molar-refractivity contribution is 5.76. The van der Waals surface area contributed by atoms with Crippen LogP contribution in [0.2, 0.25) is 0 Å². The molecule has 0 saturated carbocycles. The van der Waals surface area contributed by atoms with E-state index in [0.29, 0.717) is 37.0 Å². The fraction of sp³-hybridized carbons (Fsp3) is 0.348. The molecular formula is C23H27N3O2. The van der Waals surface area contributed by atoms with Gasteiger partial charge in [-0.3, -0.25) is 4.79 Å². The van der Waals surface area contributed by atoms with Crippen LogP contribution in [0.25, 0.3) is 11.4 Å². The fourth-order valence-corrected chi connectivity index (χ4v) is 3.03. The summed E-state index contributed by atoms with van der Waals surface area (Å²) >= 11 is 0. The van der Waals surface area contributed by atoms with E-state index in [9.17, 15) is 4.79 Å². The van der Waals surface area contributed by atoms with E-state index in [1.54, 1.807) is 0 Å². The fourth-order valence-electron chi connectivity index (χ4n) is 3.03. The van der Waals surface area contributed by atoms with Gasteiger partial charge in [-0.15, -0.1) is 0 Å². The second-order valence-corrected chi connectivity index (χ2v) is 7.31. The first-order valence-corrected chi connectivity index (χ1v) is 9.77. The Labute approximate surface area is 166 Å². The molecule has 1 heterocycles. The van der Waals surface area contributed by atoms with Gasteiger partial charge >= 0.3 is 0 Å². The van der Waals surface area contributed by atoms with Crippen molar-refractivity contribution >= 4 is 5.91 Å². The van der Waals surface area contributed by atoms with Crippen LogP contribution < -0.4 is 5.32 Å². The van der Waals surface area contributed by atoms with Gasteiger partial charge in [-0.1, -0.05) is 67.5 Å². The summed E-state index contributed by atoms with van der Waals surface area (Å²) < 4.78 is 5.30. The van der Waals surface area contributed by atoms with Gasteiger partial charge in [0.15, 0.2) is 0 Å². The van der Waals surface area contributed by atoms with E-state index >= 15 is 0 Å². The van der Waals surface area contributed by atoms with E-state index < -0.39 is 0 Å². The van der Waals surface area contributed by atoms with Crippen LogP contribution in [-0.4, -0.2) is 22.6 Å². The molecule has 2 aromatic carbocycles. The van der Waals surface area contributed by atoms with Crippen LogP contribution >= 0.6 is 0 Å². The molecule has 0 bridgehead atoms. The SMILES string of the molecule is Cc1ccccc1CCNC(=O)CCc1nc(-c2ccc(C(C)C)cc2)no1. The lowest BCUT2D eigenvalue weighted by Crippen LogP contribution is -2.26. The van der Waals surface area contributed by atoms with Crippen LogP contribution in [-0.2, 0) is 17.6 Å². The molecule has 0 spiro atoms.